The van der Waals surface area contributed by atoms with Crippen molar-refractivity contribution in [3.05, 3.63) is 71.0 Å². The number of amides is 1. The lowest BCUT2D eigenvalue weighted by Crippen LogP contribution is -2.23. The summed E-state index contributed by atoms with van der Waals surface area (Å²) in [6, 6.07) is 13.2. The van der Waals surface area contributed by atoms with Gasteiger partial charge in [-0.2, -0.15) is 0 Å². The third-order valence-corrected chi connectivity index (χ3v) is 6.17. The maximum atomic E-state index is 12.8. The standard InChI is InChI=1S/C21H18N4O2S2/c1-3-10-25-19(27)14-6-4-5-7-15(14)23-21(25)28-12-18(26)24-20-22-16-9-8-13(2)11-17(16)29-20/h3-9,11H,1,10,12H2,2H3,(H,22,24,26). The van der Waals surface area contributed by atoms with E-state index in [0.717, 1.165) is 15.8 Å². The van der Waals surface area contributed by atoms with E-state index in [4.69, 9.17) is 0 Å². The van der Waals surface area contributed by atoms with Gasteiger partial charge < -0.3 is 5.32 Å². The maximum Gasteiger partial charge on any atom is 0.262 e. The Morgan fingerprint density at radius 3 is 2.90 bits per heavy atom. The first-order chi connectivity index (χ1) is 14.0. The molecule has 1 N–H and O–H groups in total. The highest BCUT2D eigenvalue weighted by Gasteiger charge is 2.14. The van der Waals surface area contributed by atoms with Crippen molar-refractivity contribution in [3.8, 4) is 0 Å². The molecule has 2 heterocycles. The molecule has 0 atom stereocenters. The van der Waals surface area contributed by atoms with Gasteiger partial charge in [-0.25, -0.2) is 9.97 Å². The molecule has 4 aromatic rings. The Kier molecular flexibility index (Phi) is 5.46. The number of fused-ring (bicyclic) bond motifs is 2. The van der Waals surface area contributed by atoms with Crippen LogP contribution in [0, 0.1) is 6.92 Å². The van der Waals surface area contributed by atoms with Gasteiger partial charge in [-0.1, -0.05) is 47.4 Å². The van der Waals surface area contributed by atoms with E-state index in [1.54, 1.807) is 18.2 Å². The van der Waals surface area contributed by atoms with E-state index in [0.29, 0.717) is 27.7 Å². The average molecular weight is 423 g/mol. The van der Waals surface area contributed by atoms with Crippen LogP contribution in [0.3, 0.4) is 0 Å². The number of aryl methyl sites for hydroxylation is 1. The number of para-hydroxylation sites is 1. The van der Waals surface area contributed by atoms with E-state index < -0.39 is 0 Å². The molecule has 0 aliphatic heterocycles. The van der Waals surface area contributed by atoms with E-state index >= 15 is 0 Å². The molecular formula is C21H18N4O2S2. The molecule has 0 saturated heterocycles. The zero-order chi connectivity index (χ0) is 20.4. The van der Waals surface area contributed by atoms with Crippen molar-refractivity contribution in [2.24, 2.45) is 0 Å². The molecule has 29 heavy (non-hydrogen) atoms. The van der Waals surface area contributed by atoms with E-state index in [2.05, 4.69) is 21.9 Å². The van der Waals surface area contributed by atoms with Crippen LogP contribution in [-0.2, 0) is 11.3 Å². The monoisotopic (exact) mass is 422 g/mol. The van der Waals surface area contributed by atoms with Gasteiger partial charge >= 0.3 is 0 Å². The largest absolute Gasteiger partial charge is 0.301 e. The number of hydrogen-bond donors (Lipinski definition) is 1. The number of rotatable bonds is 6. The minimum atomic E-state index is -0.196. The van der Waals surface area contributed by atoms with Crippen LogP contribution in [0.5, 0.6) is 0 Å². The Morgan fingerprint density at radius 2 is 2.07 bits per heavy atom. The van der Waals surface area contributed by atoms with Crippen molar-refractivity contribution in [1.82, 2.24) is 14.5 Å². The number of aromatic nitrogens is 3. The first-order valence-electron chi connectivity index (χ1n) is 8.95. The summed E-state index contributed by atoms with van der Waals surface area (Å²) in [5.41, 5.74) is 2.49. The first-order valence-corrected chi connectivity index (χ1v) is 10.8. The number of hydrogen-bond acceptors (Lipinski definition) is 6. The second kappa shape index (κ2) is 8.18. The number of thioether (sulfide) groups is 1. The molecule has 0 radical (unpaired) electrons. The predicted molar refractivity (Wildman–Crippen MR) is 120 cm³/mol. The van der Waals surface area contributed by atoms with Gasteiger partial charge in [0, 0.05) is 6.54 Å². The molecule has 0 bridgehead atoms. The summed E-state index contributed by atoms with van der Waals surface area (Å²) in [6.45, 7) is 6.07. The van der Waals surface area contributed by atoms with Gasteiger partial charge in [-0.15, -0.1) is 6.58 Å². The van der Waals surface area contributed by atoms with E-state index in [9.17, 15) is 9.59 Å². The van der Waals surface area contributed by atoms with Gasteiger partial charge in [0.2, 0.25) is 5.91 Å². The zero-order valence-electron chi connectivity index (χ0n) is 15.7. The highest BCUT2D eigenvalue weighted by Crippen LogP contribution is 2.27. The molecule has 0 saturated carbocycles. The third kappa shape index (κ3) is 4.08. The summed E-state index contributed by atoms with van der Waals surface area (Å²) < 4.78 is 2.57. The summed E-state index contributed by atoms with van der Waals surface area (Å²) in [7, 11) is 0. The summed E-state index contributed by atoms with van der Waals surface area (Å²) in [5, 5.41) is 4.44. The van der Waals surface area contributed by atoms with Crippen LogP contribution >= 0.6 is 23.1 Å². The molecule has 2 aromatic carbocycles. The third-order valence-electron chi connectivity index (χ3n) is 4.26. The van der Waals surface area contributed by atoms with E-state index in [1.807, 2.05) is 37.3 Å². The fourth-order valence-corrected chi connectivity index (χ4v) is 4.71. The molecule has 0 spiro atoms. The summed E-state index contributed by atoms with van der Waals surface area (Å²) in [5.74, 6) is -0.0741. The number of anilines is 1. The molecule has 0 fully saturated rings. The van der Waals surface area contributed by atoms with Crippen molar-refractivity contribution in [3.63, 3.8) is 0 Å². The van der Waals surface area contributed by atoms with E-state index in [1.165, 1.54) is 27.7 Å². The quantitative estimate of drug-likeness (QED) is 0.286. The van der Waals surface area contributed by atoms with Gasteiger partial charge in [-0.3, -0.25) is 14.2 Å². The molecule has 0 aliphatic rings. The summed E-state index contributed by atoms with van der Waals surface area (Å²) in [6.07, 6.45) is 1.64. The Morgan fingerprint density at radius 1 is 1.24 bits per heavy atom. The van der Waals surface area contributed by atoms with Crippen LogP contribution in [0.15, 0.2) is 65.1 Å². The van der Waals surface area contributed by atoms with Crippen LogP contribution in [-0.4, -0.2) is 26.2 Å². The fourth-order valence-electron chi connectivity index (χ4n) is 2.92. The normalized spacial score (nSPS) is 11.1. The van der Waals surface area contributed by atoms with Crippen molar-refractivity contribution in [2.75, 3.05) is 11.1 Å². The Bertz CT molecular complexity index is 1290. The smallest absolute Gasteiger partial charge is 0.262 e. The van der Waals surface area contributed by atoms with Gasteiger partial charge in [0.25, 0.3) is 5.56 Å². The Hall–Kier alpha value is -2.97. The minimum absolute atomic E-state index is 0.122. The number of allylic oxidation sites excluding steroid dienone is 1. The van der Waals surface area contributed by atoms with Crippen molar-refractivity contribution in [1.29, 1.82) is 0 Å². The van der Waals surface area contributed by atoms with Crippen LogP contribution in [0.4, 0.5) is 5.13 Å². The van der Waals surface area contributed by atoms with Crippen molar-refractivity contribution in [2.45, 2.75) is 18.6 Å². The molecule has 0 unspecified atom stereocenters. The minimum Gasteiger partial charge on any atom is -0.301 e. The molecule has 0 aliphatic carbocycles. The molecule has 1 amide bonds. The second-order valence-electron chi connectivity index (χ2n) is 6.44. The second-order valence-corrected chi connectivity index (χ2v) is 8.42. The highest BCUT2D eigenvalue weighted by atomic mass is 32.2. The molecule has 4 rings (SSSR count). The lowest BCUT2D eigenvalue weighted by atomic mass is 10.2. The van der Waals surface area contributed by atoms with Crippen LogP contribution in [0.1, 0.15) is 5.56 Å². The number of thiazole rings is 1. The topological polar surface area (TPSA) is 76.9 Å². The summed E-state index contributed by atoms with van der Waals surface area (Å²) >= 11 is 2.66. The van der Waals surface area contributed by atoms with Crippen LogP contribution in [0.2, 0.25) is 0 Å². The SMILES string of the molecule is C=CCn1c(SCC(=O)Nc2nc3ccc(C)cc3s2)nc2ccccc2c1=O. The zero-order valence-corrected chi connectivity index (χ0v) is 17.3. The van der Waals surface area contributed by atoms with Gasteiger partial charge in [0.05, 0.1) is 26.9 Å². The number of nitrogens with one attached hydrogen (secondary N) is 1. The molecular weight excluding hydrogens is 404 g/mol. The number of benzene rings is 2. The van der Waals surface area contributed by atoms with Crippen LogP contribution < -0.4 is 10.9 Å². The Balaban J connectivity index is 1.53. The van der Waals surface area contributed by atoms with Gasteiger partial charge in [0.15, 0.2) is 10.3 Å². The van der Waals surface area contributed by atoms with Crippen molar-refractivity contribution < 1.29 is 4.79 Å². The highest BCUT2D eigenvalue weighted by molar-refractivity contribution is 7.99. The summed E-state index contributed by atoms with van der Waals surface area (Å²) in [4.78, 5) is 34.2. The Labute approximate surface area is 175 Å². The first kappa shape index (κ1) is 19.4. The van der Waals surface area contributed by atoms with E-state index in [-0.39, 0.29) is 17.2 Å². The molecule has 6 nitrogen and oxygen atoms in total. The number of nitrogens with zero attached hydrogens (tertiary/aromatic N) is 3. The maximum absolute atomic E-state index is 12.8. The van der Waals surface area contributed by atoms with Gasteiger partial charge in [0.1, 0.15) is 0 Å². The molecule has 146 valence electrons. The molecule has 2 aromatic heterocycles. The predicted octanol–water partition coefficient (Wildman–Crippen LogP) is 4.23. The van der Waals surface area contributed by atoms with Gasteiger partial charge in [-0.05, 0) is 36.8 Å². The van der Waals surface area contributed by atoms with Crippen molar-refractivity contribution >= 4 is 55.3 Å². The number of carbonyl (C=O) groups excluding carboxylic acids is 1. The lowest BCUT2D eigenvalue weighted by Gasteiger charge is -2.11. The average Bonchev–Trinajstić information content (AvgIpc) is 3.10. The number of carbonyl (C=O) groups is 1. The van der Waals surface area contributed by atoms with Crippen LogP contribution in [0.25, 0.3) is 21.1 Å². The fraction of sp³-hybridized carbons (Fsp3) is 0.143. The molecule has 8 heteroatoms. The lowest BCUT2D eigenvalue weighted by molar-refractivity contribution is -0.113.